The number of rotatable bonds is 2. The van der Waals surface area contributed by atoms with E-state index in [0.717, 1.165) is 22.5 Å². The summed E-state index contributed by atoms with van der Waals surface area (Å²) < 4.78 is 1.77. The molecule has 0 bridgehead atoms. The van der Waals surface area contributed by atoms with Gasteiger partial charge in [0.2, 0.25) is 0 Å². The first-order valence-electron chi connectivity index (χ1n) is 4.78. The van der Waals surface area contributed by atoms with Crippen molar-refractivity contribution in [1.29, 1.82) is 0 Å². The fraction of sp³-hybridized carbons (Fsp3) is 0.182. The molecule has 0 aliphatic carbocycles. The van der Waals surface area contributed by atoms with Crippen LogP contribution in [0.4, 0.5) is 0 Å². The minimum Gasteiger partial charge on any atom is -0.297 e. The quantitative estimate of drug-likeness (QED) is 0.627. The van der Waals surface area contributed by atoms with Gasteiger partial charge in [0.05, 0.1) is 12.4 Å². The third kappa shape index (κ3) is 1.94. The van der Waals surface area contributed by atoms with Gasteiger partial charge in [-0.05, 0) is 42.4 Å². The van der Waals surface area contributed by atoms with E-state index in [-0.39, 0.29) is 4.87 Å². The van der Waals surface area contributed by atoms with Crippen LogP contribution in [0.3, 0.4) is 0 Å². The second-order valence-corrected chi connectivity index (χ2v) is 4.66. The minimum absolute atomic E-state index is 0.219. The molecule has 1 N–H and O–H groups in total. The highest BCUT2D eigenvalue weighted by Gasteiger charge is 2.17. The lowest BCUT2D eigenvalue weighted by molar-refractivity contribution is -0.600. The first-order valence-corrected chi connectivity index (χ1v) is 5.60. The maximum absolute atomic E-state index is 11.2. The summed E-state index contributed by atoms with van der Waals surface area (Å²) in [6, 6.07) is 2.03. The number of nitrogens with one attached hydrogen (secondary N) is 1. The fourth-order valence-electron chi connectivity index (χ4n) is 1.64. The van der Waals surface area contributed by atoms with E-state index in [1.165, 1.54) is 0 Å². The highest BCUT2D eigenvalue weighted by Crippen LogP contribution is 2.07. The molecule has 2 rings (SSSR count). The molecule has 0 aliphatic rings. The predicted molar refractivity (Wildman–Crippen MR) is 61.3 cm³/mol. The standard InChI is InChI=1S/C11H10N2O2S/c1-7-3-8(2)5-13(4-7)10-9(6-14)16-11(15)12-10/h3-6H,1-2H3/p+1. The number of thiazole rings is 1. The van der Waals surface area contributed by atoms with Crippen LogP contribution in [0.25, 0.3) is 5.82 Å². The highest BCUT2D eigenvalue weighted by atomic mass is 32.1. The molecule has 0 saturated heterocycles. The summed E-state index contributed by atoms with van der Waals surface area (Å²) >= 11 is 0.921. The van der Waals surface area contributed by atoms with Crippen molar-refractivity contribution in [3.05, 3.63) is 44.1 Å². The lowest BCUT2D eigenvalue weighted by Gasteiger charge is -1.99. The Bertz CT molecular complexity index is 578. The first-order chi connectivity index (χ1) is 7.60. The van der Waals surface area contributed by atoms with Crippen molar-refractivity contribution >= 4 is 17.6 Å². The molecule has 0 saturated carbocycles. The van der Waals surface area contributed by atoms with E-state index < -0.39 is 0 Å². The van der Waals surface area contributed by atoms with Gasteiger partial charge in [-0.3, -0.25) is 4.79 Å². The van der Waals surface area contributed by atoms with E-state index in [1.54, 1.807) is 4.57 Å². The summed E-state index contributed by atoms with van der Waals surface area (Å²) in [5.41, 5.74) is 2.15. The van der Waals surface area contributed by atoms with E-state index >= 15 is 0 Å². The number of hydrogen-bond donors (Lipinski definition) is 1. The number of pyridine rings is 1. The van der Waals surface area contributed by atoms with Crippen molar-refractivity contribution in [2.24, 2.45) is 0 Å². The molecule has 5 heteroatoms. The Morgan fingerprint density at radius 2 is 1.94 bits per heavy atom. The van der Waals surface area contributed by atoms with Gasteiger partial charge in [0, 0.05) is 0 Å². The summed E-state index contributed by atoms with van der Waals surface area (Å²) in [7, 11) is 0. The fourth-order valence-corrected chi connectivity index (χ4v) is 2.29. The number of aldehydes is 1. The zero-order chi connectivity index (χ0) is 11.7. The smallest absolute Gasteiger partial charge is 0.297 e. The van der Waals surface area contributed by atoms with Gasteiger partial charge in [-0.25, -0.2) is 9.36 Å². The molecule has 0 atom stereocenters. The highest BCUT2D eigenvalue weighted by molar-refractivity contribution is 7.11. The Hall–Kier alpha value is -1.75. The van der Waals surface area contributed by atoms with Crippen LogP contribution in [0.2, 0.25) is 0 Å². The number of aromatic amines is 1. The second kappa shape index (κ2) is 4.02. The Labute approximate surface area is 96.2 Å². The average molecular weight is 235 g/mol. The number of aromatic nitrogens is 2. The number of aryl methyl sites for hydroxylation is 2. The number of H-pyrrole nitrogens is 1. The summed E-state index contributed by atoms with van der Waals surface area (Å²) in [4.78, 5) is 24.9. The average Bonchev–Trinajstić information content (AvgIpc) is 2.58. The molecule has 2 aromatic rings. The van der Waals surface area contributed by atoms with Crippen molar-refractivity contribution in [3.63, 3.8) is 0 Å². The van der Waals surface area contributed by atoms with E-state index in [0.29, 0.717) is 17.0 Å². The van der Waals surface area contributed by atoms with Gasteiger partial charge in [-0.15, -0.1) is 0 Å². The molecule has 0 amide bonds. The van der Waals surface area contributed by atoms with Crippen LogP contribution in [-0.4, -0.2) is 11.3 Å². The second-order valence-electron chi connectivity index (χ2n) is 3.64. The molecule has 0 aromatic carbocycles. The van der Waals surface area contributed by atoms with Gasteiger partial charge in [-0.2, -0.15) is 4.98 Å². The molecule has 4 nitrogen and oxygen atoms in total. The third-order valence-electron chi connectivity index (χ3n) is 2.16. The molecule has 0 fully saturated rings. The molecule has 0 radical (unpaired) electrons. The Kier molecular flexibility index (Phi) is 2.70. The molecule has 2 aromatic heterocycles. The van der Waals surface area contributed by atoms with Gasteiger partial charge in [0.1, 0.15) is 0 Å². The van der Waals surface area contributed by atoms with Crippen molar-refractivity contribution in [2.45, 2.75) is 13.8 Å². The Morgan fingerprint density at radius 1 is 1.31 bits per heavy atom. The first kappa shape index (κ1) is 10.8. The Balaban J connectivity index is 2.66. The lowest BCUT2D eigenvalue weighted by atomic mass is 10.2. The van der Waals surface area contributed by atoms with Gasteiger partial charge in [0.25, 0.3) is 0 Å². The van der Waals surface area contributed by atoms with Crippen LogP contribution in [0.5, 0.6) is 0 Å². The van der Waals surface area contributed by atoms with Crippen molar-refractivity contribution in [1.82, 2.24) is 4.98 Å². The van der Waals surface area contributed by atoms with Crippen LogP contribution in [0.1, 0.15) is 20.8 Å². The van der Waals surface area contributed by atoms with Crippen molar-refractivity contribution in [3.8, 4) is 5.82 Å². The number of carbonyl (C=O) groups excluding carboxylic acids is 1. The van der Waals surface area contributed by atoms with Gasteiger partial charge in [0.15, 0.2) is 11.2 Å². The van der Waals surface area contributed by atoms with E-state index in [4.69, 9.17) is 0 Å². The van der Waals surface area contributed by atoms with Gasteiger partial charge >= 0.3 is 10.7 Å². The maximum Gasteiger partial charge on any atom is 0.390 e. The number of nitrogens with zero attached hydrogens (tertiary/aromatic N) is 1. The lowest BCUT2D eigenvalue weighted by Crippen LogP contribution is -2.33. The summed E-state index contributed by atoms with van der Waals surface area (Å²) in [6.07, 6.45) is 4.44. The zero-order valence-electron chi connectivity index (χ0n) is 8.98. The molecule has 0 aliphatic heterocycles. The molecule has 82 valence electrons. The minimum atomic E-state index is -0.219. The van der Waals surface area contributed by atoms with Crippen LogP contribution in [0.15, 0.2) is 23.3 Å². The number of hydrogen-bond acceptors (Lipinski definition) is 3. The summed E-state index contributed by atoms with van der Waals surface area (Å²) in [5.74, 6) is 0.539. The van der Waals surface area contributed by atoms with E-state index in [2.05, 4.69) is 4.98 Å². The maximum atomic E-state index is 11.2. The topological polar surface area (TPSA) is 53.8 Å². The predicted octanol–water partition coefficient (Wildman–Crippen LogP) is 1.14. The summed E-state index contributed by atoms with van der Waals surface area (Å²) in [6.45, 7) is 3.93. The molecular formula is C11H11N2O2S+. The van der Waals surface area contributed by atoms with Crippen LogP contribution in [-0.2, 0) is 0 Å². The zero-order valence-corrected chi connectivity index (χ0v) is 9.80. The van der Waals surface area contributed by atoms with Crippen molar-refractivity contribution in [2.75, 3.05) is 0 Å². The summed E-state index contributed by atoms with van der Waals surface area (Å²) in [5, 5.41) is 0. The normalized spacial score (nSPS) is 10.4. The van der Waals surface area contributed by atoms with E-state index in [9.17, 15) is 9.59 Å². The molecule has 0 spiro atoms. The van der Waals surface area contributed by atoms with Gasteiger partial charge < -0.3 is 0 Å². The molecular weight excluding hydrogens is 224 g/mol. The van der Waals surface area contributed by atoms with Gasteiger partial charge in [-0.1, -0.05) is 0 Å². The van der Waals surface area contributed by atoms with Crippen molar-refractivity contribution < 1.29 is 9.36 Å². The molecule has 0 unspecified atom stereocenters. The molecule has 2 heterocycles. The van der Waals surface area contributed by atoms with Crippen LogP contribution < -0.4 is 9.44 Å². The largest absolute Gasteiger partial charge is 0.390 e. The van der Waals surface area contributed by atoms with E-state index in [1.807, 2.05) is 32.3 Å². The van der Waals surface area contributed by atoms with Crippen LogP contribution >= 0.6 is 11.3 Å². The molecule has 16 heavy (non-hydrogen) atoms. The Morgan fingerprint density at radius 3 is 2.50 bits per heavy atom. The number of carbonyl (C=O) groups is 1. The van der Waals surface area contributed by atoms with Crippen LogP contribution in [0, 0.1) is 13.8 Å². The monoisotopic (exact) mass is 235 g/mol. The SMILES string of the molecule is Cc1cc(C)c[n+](-c2[nH]c(=O)sc2C=O)c1. The third-order valence-corrected chi connectivity index (χ3v) is 2.96.